The molecule has 2 aromatic carbocycles. The van der Waals surface area contributed by atoms with Crippen LogP contribution in [0.25, 0.3) is 5.57 Å². The van der Waals surface area contributed by atoms with Crippen molar-refractivity contribution >= 4 is 23.1 Å². The largest absolute Gasteiger partial charge is 0.350 e. The van der Waals surface area contributed by atoms with E-state index in [9.17, 15) is 14.0 Å². The zero-order chi connectivity index (χ0) is 21.3. The lowest BCUT2D eigenvalue weighted by molar-refractivity contribution is -0.137. The minimum atomic E-state index is -0.457. The highest BCUT2D eigenvalue weighted by Gasteiger charge is 2.39. The molecule has 0 atom stereocenters. The van der Waals surface area contributed by atoms with E-state index in [1.54, 1.807) is 36.7 Å². The lowest BCUT2D eigenvalue weighted by Crippen LogP contribution is -2.32. The number of benzene rings is 2. The maximum Gasteiger partial charge on any atom is 0.278 e. The number of anilines is 1. The van der Waals surface area contributed by atoms with Crippen LogP contribution >= 0.6 is 0 Å². The molecule has 4 rings (SSSR count). The number of carbonyl (C=O) groups is 2. The molecule has 6 heteroatoms. The van der Waals surface area contributed by atoms with Crippen LogP contribution in [-0.4, -0.2) is 21.7 Å². The summed E-state index contributed by atoms with van der Waals surface area (Å²) >= 11 is 0. The summed E-state index contributed by atoms with van der Waals surface area (Å²) in [7, 11) is 0. The van der Waals surface area contributed by atoms with Gasteiger partial charge in [-0.3, -0.25) is 19.5 Å². The molecule has 0 bridgehead atoms. The van der Waals surface area contributed by atoms with Crippen LogP contribution < -0.4 is 5.32 Å². The fraction of sp³-hybridized carbons (Fsp3) is 0.125. The molecule has 0 saturated carbocycles. The quantitative estimate of drug-likeness (QED) is 0.650. The summed E-state index contributed by atoms with van der Waals surface area (Å²) in [6.45, 7) is 4.04. The Bertz CT molecular complexity index is 1170. The zero-order valence-electron chi connectivity index (χ0n) is 16.6. The molecule has 2 heterocycles. The van der Waals surface area contributed by atoms with E-state index in [2.05, 4.69) is 10.3 Å². The minimum Gasteiger partial charge on any atom is -0.350 e. The number of halogens is 1. The summed E-state index contributed by atoms with van der Waals surface area (Å²) in [5.74, 6) is -1.29. The number of nitrogens with zero attached hydrogens (tertiary/aromatic N) is 2. The molecule has 3 aromatic rings. The van der Waals surface area contributed by atoms with E-state index < -0.39 is 17.6 Å². The smallest absolute Gasteiger partial charge is 0.278 e. The molecule has 0 radical (unpaired) electrons. The van der Waals surface area contributed by atoms with Gasteiger partial charge in [0.2, 0.25) is 0 Å². The van der Waals surface area contributed by atoms with Crippen LogP contribution in [-0.2, 0) is 16.1 Å². The molecule has 0 spiro atoms. The van der Waals surface area contributed by atoms with Crippen LogP contribution in [0.5, 0.6) is 0 Å². The standard InChI is InChI=1S/C24H20FN3O2/c1-15-8-9-18(11-16(15)2)21-22(27-20-7-3-6-19(25)12-20)24(30)28(23(21)29)14-17-5-4-10-26-13-17/h3-13,27H,14H2,1-2H3. The average molecular weight is 401 g/mol. The third kappa shape index (κ3) is 3.72. The van der Waals surface area contributed by atoms with Gasteiger partial charge in [0, 0.05) is 18.1 Å². The van der Waals surface area contributed by atoms with Crippen LogP contribution in [0.15, 0.2) is 72.7 Å². The zero-order valence-corrected chi connectivity index (χ0v) is 16.6. The maximum atomic E-state index is 13.7. The van der Waals surface area contributed by atoms with E-state index in [0.717, 1.165) is 16.7 Å². The van der Waals surface area contributed by atoms with Crippen molar-refractivity contribution in [1.29, 1.82) is 0 Å². The second-order valence-corrected chi connectivity index (χ2v) is 7.24. The first kappa shape index (κ1) is 19.5. The van der Waals surface area contributed by atoms with E-state index >= 15 is 0 Å². The molecule has 5 nitrogen and oxygen atoms in total. The van der Waals surface area contributed by atoms with Gasteiger partial charge in [0.15, 0.2) is 0 Å². The first-order chi connectivity index (χ1) is 14.4. The van der Waals surface area contributed by atoms with Crippen molar-refractivity contribution in [3.63, 3.8) is 0 Å². The molecular formula is C24H20FN3O2. The van der Waals surface area contributed by atoms with E-state index in [1.807, 2.05) is 32.0 Å². The molecule has 1 aromatic heterocycles. The van der Waals surface area contributed by atoms with Gasteiger partial charge in [0.05, 0.1) is 12.1 Å². The number of carbonyl (C=O) groups excluding carboxylic acids is 2. The van der Waals surface area contributed by atoms with Gasteiger partial charge in [-0.25, -0.2) is 4.39 Å². The van der Waals surface area contributed by atoms with Crippen molar-refractivity contribution in [1.82, 2.24) is 9.88 Å². The van der Waals surface area contributed by atoms with Crippen molar-refractivity contribution in [2.24, 2.45) is 0 Å². The Labute approximate surface area is 173 Å². The van der Waals surface area contributed by atoms with E-state index in [1.165, 1.54) is 17.0 Å². The molecule has 0 fully saturated rings. The Kier molecular flexibility index (Phi) is 5.14. The summed E-state index contributed by atoms with van der Waals surface area (Å²) in [4.78, 5) is 31.7. The third-order valence-corrected chi connectivity index (χ3v) is 5.12. The second-order valence-electron chi connectivity index (χ2n) is 7.24. The first-order valence-electron chi connectivity index (χ1n) is 9.53. The van der Waals surface area contributed by atoms with Gasteiger partial charge in [-0.1, -0.05) is 30.3 Å². The van der Waals surface area contributed by atoms with Gasteiger partial charge in [-0.05, 0) is 60.4 Å². The highest BCUT2D eigenvalue weighted by Crippen LogP contribution is 2.32. The third-order valence-electron chi connectivity index (χ3n) is 5.12. The topological polar surface area (TPSA) is 62.3 Å². The molecule has 1 aliphatic heterocycles. The number of aryl methyl sites for hydroxylation is 2. The molecule has 0 aliphatic carbocycles. The van der Waals surface area contributed by atoms with Gasteiger partial charge >= 0.3 is 0 Å². The van der Waals surface area contributed by atoms with Gasteiger partial charge in [-0.15, -0.1) is 0 Å². The number of aromatic nitrogens is 1. The normalized spacial score (nSPS) is 13.9. The SMILES string of the molecule is Cc1ccc(C2=C(Nc3cccc(F)c3)C(=O)N(Cc3cccnc3)C2=O)cc1C. The number of hydrogen-bond donors (Lipinski definition) is 1. The van der Waals surface area contributed by atoms with Crippen molar-refractivity contribution in [2.75, 3.05) is 5.32 Å². The lowest BCUT2D eigenvalue weighted by Gasteiger charge is -2.15. The minimum absolute atomic E-state index is 0.105. The van der Waals surface area contributed by atoms with Crippen LogP contribution in [0, 0.1) is 19.7 Å². The lowest BCUT2D eigenvalue weighted by atomic mass is 9.99. The number of nitrogens with one attached hydrogen (secondary N) is 1. The van der Waals surface area contributed by atoms with Gasteiger partial charge in [0.25, 0.3) is 11.8 Å². The Morgan fingerprint density at radius 2 is 1.80 bits per heavy atom. The summed E-state index contributed by atoms with van der Waals surface area (Å²) in [5, 5.41) is 2.97. The first-order valence-corrected chi connectivity index (χ1v) is 9.53. The van der Waals surface area contributed by atoms with Gasteiger partial charge in [0.1, 0.15) is 11.5 Å². The molecule has 1 N–H and O–H groups in total. The summed E-state index contributed by atoms with van der Waals surface area (Å²) < 4.78 is 13.7. The van der Waals surface area contributed by atoms with E-state index in [-0.39, 0.29) is 17.8 Å². The molecule has 1 aliphatic rings. The number of hydrogen-bond acceptors (Lipinski definition) is 4. The monoisotopic (exact) mass is 401 g/mol. The fourth-order valence-corrected chi connectivity index (χ4v) is 3.39. The molecule has 30 heavy (non-hydrogen) atoms. The Morgan fingerprint density at radius 3 is 2.50 bits per heavy atom. The Morgan fingerprint density at radius 1 is 0.967 bits per heavy atom. The summed E-state index contributed by atoms with van der Waals surface area (Å²) in [5.41, 5.74) is 4.29. The van der Waals surface area contributed by atoms with E-state index in [0.29, 0.717) is 11.3 Å². The predicted octanol–water partition coefficient (Wildman–Crippen LogP) is 4.23. The summed E-state index contributed by atoms with van der Waals surface area (Å²) in [6, 6.07) is 15.0. The average Bonchev–Trinajstić information content (AvgIpc) is 2.95. The summed E-state index contributed by atoms with van der Waals surface area (Å²) in [6.07, 6.45) is 3.25. The van der Waals surface area contributed by atoms with Gasteiger partial charge in [-0.2, -0.15) is 0 Å². The van der Waals surface area contributed by atoms with Crippen molar-refractivity contribution < 1.29 is 14.0 Å². The van der Waals surface area contributed by atoms with Crippen LogP contribution in [0.2, 0.25) is 0 Å². The van der Waals surface area contributed by atoms with Crippen molar-refractivity contribution in [3.05, 3.63) is 101 Å². The Balaban J connectivity index is 1.77. The van der Waals surface area contributed by atoms with Crippen LogP contribution in [0.1, 0.15) is 22.3 Å². The fourth-order valence-electron chi connectivity index (χ4n) is 3.39. The molecule has 150 valence electrons. The highest BCUT2D eigenvalue weighted by molar-refractivity contribution is 6.36. The van der Waals surface area contributed by atoms with Gasteiger partial charge < -0.3 is 5.32 Å². The molecular weight excluding hydrogens is 381 g/mol. The molecule has 0 unspecified atom stereocenters. The second kappa shape index (κ2) is 7.91. The van der Waals surface area contributed by atoms with Crippen LogP contribution in [0.4, 0.5) is 10.1 Å². The van der Waals surface area contributed by atoms with E-state index in [4.69, 9.17) is 0 Å². The Hall–Kier alpha value is -3.80. The number of pyridine rings is 1. The van der Waals surface area contributed by atoms with Crippen molar-refractivity contribution in [3.8, 4) is 0 Å². The van der Waals surface area contributed by atoms with Crippen LogP contribution in [0.3, 0.4) is 0 Å². The number of amides is 2. The highest BCUT2D eigenvalue weighted by atomic mass is 19.1. The predicted molar refractivity (Wildman–Crippen MR) is 113 cm³/mol. The number of imide groups is 1. The molecule has 0 saturated heterocycles. The van der Waals surface area contributed by atoms with Crippen molar-refractivity contribution in [2.45, 2.75) is 20.4 Å². The number of rotatable bonds is 5. The molecule has 2 amide bonds. The maximum absolute atomic E-state index is 13.7.